The van der Waals surface area contributed by atoms with Crippen molar-refractivity contribution in [1.29, 1.82) is 0 Å². The van der Waals surface area contributed by atoms with Gasteiger partial charge < -0.3 is 4.90 Å². The van der Waals surface area contributed by atoms with Crippen molar-refractivity contribution < 1.29 is 0 Å². The zero-order chi connectivity index (χ0) is 10.7. The number of anilines is 1. The molecule has 0 heterocycles. The van der Waals surface area contributed by atoms with Crippen LogP contribution in [0.2, 0.25) is 0 Å². The first-order chi connectivity index (χ1) is 6.56. The maximum Gasteiger partial charge on any atom is 0.0474 e. The number of hydrogen-bond donors (Lipinski definition) is 0. The van der Waals surface area contributed by atoms with Crippen molar-refractivity contribution in [2.45, 2.75) is 32.7 Å². The molecule has 1 rings (SSSR count). The fourth-order valence-corrected chi connectivity index (χ4v) is 1.64. The molecule has 78 valence electrons. The number of aryl methyl sites for hydroxylation is 1. The van der Waals surface area contributed by atoms with Gasteiger partial charge in [0.2, 0.25) is 0 Å². The summed E-state index contributed by atoms with van der Waals surface area (Å²) in [5.74, 6) is 0.590. The minimum absolute atomic E-state index is 0.524. The molecule has 0 amide bonds. The van der Waals surface area contributed by atoms with Crippen LogP contribution in [-0.2, 0) is 5.88 Å². The molecule has 0 aliphatic rings. The fourth-order valence-electron chi connectivity index (χ4n) is 1.47. The Kier molecular flexibility index (Phi) is 3.82. The van der Waals surface area contributed by atoms with Gasteiger partial charge in [0, 0.05) is 24.7 Å². The molecule has 0 spiro atoms. The Labute approximate surface area is 91.7 Å². The zero-order valence-corrected chi connectivity index (χ0v) is 10.1. The van der Waals surface area contributed by atoms with E-state index in [0.717, 1.165) is 0 Å². The number of halogens is 1. The van der Waals surface area contributed by atoms with E-state index in [9.17, 15) is 0 Å². The highest BCUT2D eigenvalue weighted by molar-refractivity contribution is 6.17. The predicted octanol–water partition coefficient (Wildman–Crippen LogP) is 3.58. The minimum atomic E-state index is 0.524. The summed E-state index contributed by atoms with van der Waals surface area (Å²) in [7, 11) is 2.12. The molecule has 0 N–H and O–H groups in total. The van der Waals surface area contributed by atoms with E-state index in [1.54, 1.807) is 0 Å². The molecule has 1 nitrogen and oxygen atoms in total. The lowest BCUT2D eigenvalue weighted by Gasteiger charge is -2.25. The third-order valence-electron chi connectivity index (χ3n) is 2.57. The van der Waals surface area contributed by atoms with Crippen LogP contribution >= 0.6 is 11.6 Å². The highest BCUT2D eigenvalue weighted by Gasteiger charge is 2.07. The summed E-state index contributed by atoms with van der Waals surface area (Å²) in [6.45, 7) is 6.51. The summed E-state index contributed by atoms with van der Waals surface area (Å²) < 4.78 is 0. The lowest BCUT2D eigenvalue weighted by atomic mass is 10.1. The van der Waals surface area contributed by atoms with Gasteiger partial charge in [-0.3, -0.25) is 0 Å². The number of nitrogens with zero attached hydrogens (tertiary/aromatic N) is 1. The molecule has 2 heteroatoms. The Balaban J connectivity index is 2.99. The number of rotatable bonds is 3. The van der Waals surface area contributed by atoms with E-state index in [-0.39, 0.29) is 0 Å². The first kappa shape index (κ1) is 11.4. The van der Waals surface area contributed by atoms with Crippen molar-refractivity contribution >= 4 is 17.3 Å². The van der Waals surface area contributed by atoms with Crippen molar-refractivity contribution in [2.75, 3.05) is 11.9 Å². The molecule has 0 unspecified atom stereocenters. The SMILES string of the molecule is Cc1cc(CCl)ccc1N(C)C(C)C. The topological polar surface area (TPSA) is 3.24 Å². The van der Waals surface area contributed by atoms with Gasteiger partial charge in [-0.15, -0.1) is 11.6 Å². The average Bonchev–Trinajstić information content (AvgIpc) is 2.16. The van der Waals surface area contributed by atoms with Crippen LogP contribution in [0.15, 0.2) is 18.2 Å². The van der Waals surface area contributed by atoms with Crippen molar-refractivity contribution in [1.82, 2.24) is 0 Å². The molecule has 0 saturated heterocycles. The Hall–Kier alpha value is -0.690. The van der Waals surface area contributed by atoms with E-state index in [2.05, 4.69) is 50.9 Å². The van der Waals surface area contributed by atoms with E-state index in [4.69, 9.17) is 11.6 Å². The third-order valence-corrected chi connectivity index (χ3v) is 2.88. The largest absolute Gasteiger partial charge is 0.372 e. The second-order valence-electron chi connectivity index (χ2n) is 3.96. The monoisotopic (exact) mass is 211 g/mol. The zero-order valence-electron chi connectivity index (χ0n) is 9.34. The summed E-state index contributed by atoms with van der Waals surface area (Å²) in [6, 6.07) is 6.92. The third kappa shape index (κ3) is 2.42. The standard InChI is InChI=1S/C12H18ClN/c1-9(2)14(4)12-6-5-11(8-13)7-10(12)3/h5-7,9H,8H2,1-4H3. The van der Waals surface area contributed by atoms with Crippen molar-refractivity contribution in [3.05, 3.63) is 29.3 Å². The summed E-state index contributed by atoms with van der Waals surface area (Å²) in [5, 5.41) is 0. The van der Waals surface area contributed by atoms with E-state index >= 15 is 0 Å². The lowest BCUT2D eigenvalue weighted by Crippen LogP contribution is -2.26. The molecule has 0 fully saturated rings. The normalized spacial score (nSPS) is 10.7. The Bertz CT molecular complexity index is 307. The Morgan fingerprint density at radius 2 is 2.00 bits per heavy atom. The van der Waals surface area contributed by atoms with E-state index in [0.29, 0.717) is 11.9 Å². The Morgan fingerprint density at radius 3 is 2.43 bits per heavy atom. The van der Waals surface area contributed by atoms with Crippen molar-refractivity contribution in [2.24, 2.45) is 0 Å². The van der Waals surface area contributed by atoms with Crippen LogP contribution in [0.3, 0.4) is 0 Å². The minimum Gasteiger partial charge on any atom is -0.372 e. The van der Waals surface area contributed by atoms with Gasteiger partial charge in [0.1, 0.15) is 0 Å². The van der Waals surface area contributed by atoms with E-state index < -0.39 is 0 Å². The Morgan fingerprint density at radius 1 is 1.36 bits per heavy atom. The van der Waals surface area contributed by atoms with Gasteiger partial charge in [0.05, 0.1) is 0 Å². The lowest BCUT2D eigenvalue weighted by molar-refractivity contribution is 0.752. The second-order valence-corrected chi connectivity index (χ2v) is 4.23. The molecule has 0 aromatic heterocycles. The van der Waals surface area contributed by atoms with Gasteiger partial charge in [-0.1, -0.05) is 12.1 Å². The van der Waals surface area contributed by atoms with Crippen LogP contribution in [0.25, 0.3) is 0 Å². The summed E-state index contributed by atoms with van der Waals surface area (Å²) >= 11 is 5.78. The average molecular weight is 212 g/mol. The molecule has 0 radical (unpaired) electrons. The first-order valence-corrected chi connectivity index (χ1v) is 5.48. The quantitative estimate of drug-likeness (QED) is 0.691. The maximum atomic E-state index is 5.78. The van der Waals surface area contributed by atoms with Crippen LogP contribution in [0.5, 0.6) is 0 Å². The second kappa shape index (κ2) is 4.70. The van der Waals surface area contributed by atoms with Gasteiger partial charge in [0.15, 0.2) is 0 Å². The van der Waals surface area contributed by atoms with Crippen LogP contribution in [-0.4, -0.2) is 13.1 Å². The van der Waals surface area contributed by atoms with Gasteiger partial charge in [-0.2, -0.15) is 0 Å². The molecule has 0 aliphatic heterocycles. The van der Waals surface area contributed by atoms with Gasteiger partial charge in [-0.25, -0.2) is 0 Å². The van der Waals surface area contributed by atoms with Gasteiger partial charge >= 0.3 is 0 Å². The fraction of sp³-hybridized carbons (Fsp3) is 0.500. The molecular weight excluding hydrogens is 194 g/mol. The number of alkyl halides is 1. The molecule has 1 aromatic rings. The van der Waals surface area contributed by atoms with Crippen molar-refractivity contribution in [3.8, 4) is 0 Å². The van der Waals surface area contributed by atoms with Crippen LogP contribution in [0.1, 0.15) is 25.0 Å². The molecule has 0 atom stereocenters. The first-order valence-electron chi connectivity index (χ1n) is 4.94. The molecule has 0 saturated carbocycles. The van der Waals surface area contributed by atoms with Gasteiger partial charge in [0.25, 0.3) is 0 Å². The smallest absolute Gasteiger partial charge is 0.0474 e. The van der Waals surface area contributed by atoms with E-state index in [1.165, 1.54) is 16.8 Å². The van der Waals surface area contributed by atoms with Crippen LogP contribution < -0.4 is 4.90 Å². The molecule has 0 bridgehead atoms. The molecular formula is C12H18ClN. The highest BCUT2D eigenvalue weighted by Crippen LogP contribution is 2.22. The molecule has 1 aromatic carbocycles. The predicted molar refractivity (Wildman–Crippen MR) is 64.3 cm³/mol. The number of hydrogen-bond acceptors (Lipinski definition) is 1. The molecule has 14 heavy (non-hydrogen) atoms. The summed E-state index contributed by atoms with van der Waals surface area (Å²) in [6.07, 6.45) is 0. The summed E-state index contributed by atoms with van der Waals surface area (Å²) in [4.78, 5) is 2.27. The maximum absolute atomic E-state index is 5.78. The van der Waals surface area contributed by atoms with Crippen molar-refractivity contribution in [3.63, 3.8) is 0 Å². The highest BCUT2D eigenvalue weighted by atomic mass is 35.5. The van der Waals surface area contributed by atoms with Crippen LogP contribution in [0.4, 0.5) is 5.69 Å². The van der Waals surface area contributed by atoms with Gasteiger partial charge in [-0.05, 0) is 38.0 Å². The van der Waals surface area contributed by atoms with E-state index in [1.807, 2.05) is 0 Å². The summed E-state index contributed by atoms with van der Waals surface area (Å²) in [5.41, 5.74) is 3.76. The number of benzene rings is 1. The molecule has 0 aliphatic carbocycles. The van der Waals surface area contributed by atoms with Crippen LogP contribution in [0, 0.1) is 6.92 Å².